The van der Waals surface area contributed by atoms with Gasteiger partial charge in [0.1, 0.15) is 36.1 Å². The van der Waals surface area contributed by atoms with Crippen LogP contribution in [-0.2, 0) is 37.4 Å². The van der Waals surface area contributed by atoms with Gasteiger partial charge in [0.05, 0.1) is 41.8 Å². The first kappa shape index (κ1) is 31.6. The lowest BCUT2D eigenvalue weighted by Crippen LogP contribution is -2.39. The minimum Gasteiger partial charge on any atom is -0.462 e. The summed E-state index contributed by atoms with van der Waals surface area (Å²) < 4.78 is 42.3. The minimum atomic E-state index is -4.38. The molecule has 15 heteroatoms. The average molecular weight is 582 g/mol. The molecule has 2 aromatic rings. The number of esters is 2. The summed E-state index contributed by atoms with van der Waals surface area (Å²) in [5, 5.41) is 27.9. The number of aryl methyl sites for hydroxylation is 1. The molecule has 40 heavy (non-hydrogen) atoms. The number of aliphatic hydroxyl groups is 1. The van der Waals surface area contributed by atoms with E-state index >= 15 is 0 Å². The first-order chi connectivity index (χ1) is 18.7. The van der Waals surface area contributed by atoms with Crippen LogP contribution in [0.15, 0.2) is 18.5 Å². The molecule has 3 heterocycles. The van der Waals surface area contributed by atoms with E-state index in [4.69, 9.17) is 23.3 Å². The van der Waals surface area contributed by atoms with Gasteiger partial charge < -0.3 is 19.3 Å². The number of fused-ring (bicyclic) bond motifs is 1. The summed E-state index contributed by atoms with van der Waals surface area (Å²) in [6.07, 6.45) is -2.95. The number of aliphatic hydroxyl groups excluding tert-OH is 1. The molecule has 0 unspecified atom stereocenters. The van der Waals surface area contributed by atoms with Gasteiger partial charge in [0.25, 0.3) is 0 Å². The van der Waals surface area contributed by atoms with Crippen molar-refractivity contribution in [1.82, 2.24) is 19.7 Å². The van der Waals surface area contributed by atoms with Crippen molar-refractivity contribution in [3.05, 3.63) is 29.8 Å². The van der Waals surface area contributed by atoms with E-state index in [1.807, 2.05) is 6.92 Å². The highest BCUT2D eigenvalue weighted by Crippen LogP contribution is 2.50. The molecule has 6 atom stereocenters. The predicted octanol–water partition coefficient (Wildman–Crippen LogP) is 2.39. The van der Waals surface area contributed by atoms with Crippen LogP contribution in [-0.4, -0.2) is 75.3 Å². The standard InChI is InChI=1S/C25H36N5O9P/c1-14(2)37-21(31)11-36-40(34,29-17(6)24(33)38-15(3)4)35-10-20-22(32)25(7,12-26)23(39-20)19-9-8-18-16(5)27-13-28-30(18)19/h8-9,13-15,17,20,22-23,32H,10-11H2,1-7H3,(H,29,34)/t17-,20+,22+,23-,25+,40+/m0/s1. The van der Waals surface area contributed by atoms with Crippen LogP contribution in [0, 0.1) is 23.7 Å². The molecule has 2 N–H and O–H groups in total. The van der Waals surface area contributed by atoms with Crippen molar-refractivity contribution < 1.29 is 42.5 Å². The number of rotatable bonds is 12. The maximum Gasteiger partial charge on any atom is 0.406 e. The monoisotopic (exact) mass is 581 g/mol. The van der Waals surface area contributed by atoms with Gasteiger partial charge in [-0.1, -0.05) is 0 Å². The lowest BCUT2D eigenvalue weighted by Gasteiger charge is -2.25. The maximum absolute atomic E-state index is 13.6. The van der Waals surface area contributed by atoms with E-state index in [1.165, 1.54) is 20.2 Å². The second kappa shape index (κ2) is 12.7. The van der Waals surface area contributed by atoms with Gasteiger partial charge in [-0.05, 0) is 60.6 Å². The number of nitrogens with zero attached hydrogens (tertiary/aromatic N) is 4. The first-order valence-electron chi connectivity index (χ1n) is 12.8. The van der Waals surface area contributed by atoms with E-state index in [1.54, 1.807) is 44.3 Å². The topological polar surface area (TPSA) is 184 Å². The lowest BCUT2D eigenvalue weighted by molar-refractivity contribution is -0.150. The van der Waals surface area contributed by atoms with Gasteiger partial charge in [-0.3, -0.25) is 13.8 Å². The molecule has 1 saturated heterocycles. The molecule has 220 valence electrons. The van der Waals surface area contributed by atoms with Gasteiger partial charge in [-0.25, -0.2) is 23.9 Å². The van der Waals surface area contributed by atoms with Crippen LogP contribution in [0.1, 0.15) is 59.0 Å². The molecule has 1 aliphatic heterocycles. The zero-order valence-electron chi connectivity index (χ0n) is 23.6. The molecule has 0 aliphatic carbocycles. The third-order valence-corrected chi connectivity index (χ3v) is 7.85. The number of carbonyl (C=O) groups excluding carboxylic acids is 2. The largest absolute Gasteiger partial charge is 0.462 e. The molecule has 0 saturated carbocycles. The van der Waals surface area contributed by atoms with E-state index < -0.39 is 74.9 Å². The molecular formula is C25H36N5O9P. The molecule has 0 bridgehead atoms. The summed E-state index contributed by atoms with van der Waals surface area (Å²) in [5.41, 5.74) is 0.483. The molecule has 3 rings (SSSR count). The minimum absolute atomic E-state index is 0.430. The van der Waals surface area contributed by atoms with E-state index in [2.05, 4.69) is 21.2 Å². The fourth-order valence-corrected chi connectivity index (χ4v) is 5.60. The highest BCUT2D eigenvalue weighted by atomic mass is 31.2. The van der Waals surface area contributed by atoms with Crippen molar-refractivity contribution in [2.45, 2.75) is 85.0 Å². The molecule has 1 aliphatic rings. The van der Waals surface area contributed by atoms with Crippen LogP contribution in [0.2, 0.25) is 0 Å². The molecular weight excluding hydrogens is 545 g/mol. The van der Waals surface area contributed by atoms with Crippen molar-refractivity contribution in [2.75, 3.05) is 13.2 Å². The zero-order chi connectivity index (χ0) is 29.8. The van der Waals surface area contributed by atoms with Crippen molar-refractivity contribution >= 4 is 25.2 Å². The molecule has 0 aromatic carbocycles. The third-order valence-electron chi connectivity index (χ3n) is 6.19. The Kier molecular flexibility index (Phi) is 10.1. The Hall–Kier alpha value is -2.92. The smallest absolute Gasteiger partial charge is 0.406 e. The third kappa shape index (κ3) is 7.04. The summed E-state index contributed by atoms with van der Waals surface area (Å²) in [4.78, 5) is 28.5. The highest BCUT2D eigenvalue weighted by Gasteiger charge is 2.55. The Bertz CT molecular complexity index is 1310. The van der Waals surface area contributed by atoms with Gasteiger partial charge >= 0.3 is 19.7 Å². The van der Waals surface area contributed by atoms with E-state index in [0.717, 1.165) is 0 Å². The summed E-state index contributed by atoms with van der Waals surface area (Å²) in [5.74, 6) is -1.52. The SMILES string of the molecule is Cc1ncnn2c([C@@H]3O[C@H](CO[P@](=O)(N[C@@H](C)C(=O)OC(C)C)OCC(=O)OC(C)C)[C@@H](O)[C@@]3(C)C#N)ccc12. The number of nitrogens with one attached hydrogen (secondary N) is 1. The second-order valence-electron chi connectivity index (χ2n) is 10.2. The van der Waals surface area contributed by atoms with Crippen LogP contribution in [0.4, 0.5) is 0 Å². The highest BCUT2D eigenvalue weighted by molar-refractivity contribution is 7.51. The van der Waals surface area contributed by atoms with Crippen molar-refractivity contribution in [3.8, 4) is 6.07 Å². The Morgan fingerprint density at radius 3 is 2.52 bits per heavy atom. The van der Waals surface area contributed by atoms with Crippen molar-refractivity contribution in [2.24, 2.45) is 5.41 Å². The van der Waals surface area contributed by atoms with E-state index in [0.29, 0.717) is 16.9 Å². The number of ether oxygens (including phenoxy) is 3. The van der Waals surface area contributed by atoms with Gasteiger partial charge in [0.2, 0.25) is 0 Å². The Morgan fingerprint density at radius 1 is 1.23 bits per heavy atom. The van der Waals surface area contributed by atoms with E-state index in [-0.39, 0.29) is 0 Å². The van der Waals surface area contributed by atoms with Gasteiger partial charge in [0, 0.05) is 0 Å². The quantitative estimate of drug-likeness (QED) is 0.275. The Labute approximate surface area is 232 Å². The maximum atomic E-state index is 13.6. The number of hydrogen-bond acceptors (Lipinski definition) is 12. The predicted molar refractivity (Wildman–Crippen MR) is 140 cm³/mol. The van der Waals surface area contributed by atoms with Gasteiger partial charge in [-0.2, -0.15) is 10.4 Å². The summed E-state index contributed by atoms with van der Waals surface area (Å²) in [6.45, 7) is 10.1. The summed E-state index contributed by atoms with van der Waals surface area (Å²) in [7, 11) is -4.38. The second-order valence-corrected chi connectivity index (χ2v) is 12.0. The normalized spacial score (nSPS) is 25.1. The van der Waals surface area contributed by atoms with Crippen LogP contribution in [0.5, 0.6) is 0 Å². The number of aromatic nitrogens is 3. The number of carbonyl (C=O) groups is 2. The molecule has 14 nitrogen and oxygen atoms in total. The van der Waals surface area contributed by atoms with Crippen LogP contribution < -0.4 is 5.09 Å². The number of nitriles is 1. The molecule has 0 spiro atoms. The first-order valence-corrected chi connectivity index (χ1v) is 14.4. The Balaban J connectivity index is 1.81. The molecule has 2 aromatic heterocycles. The fourth-order valence-electron chi connectivity index (χ4n) is 4.18. The van der Waals surface area contributed by atoms with Gasteiger partial charge in [0.15, 0.2) is 6.61 Å². The zero-order valence-corrected chi connectivity index (χ0v) is 24.5. The molecule has 0 radical (unpaired) electrons. The van der Waals surface area contributed by atoms with Crippen LogP contribution in [0.3, 0.4) is 0 Å². The van der Waals surface area contributed by atoms with Crippen LogP contribution in [0.25, 0.3) is 5.52 Å². The average Bonchev–Trinajstić information content (AvgIpc) is 3.41. The fraction of sp³-hybridized carbons (Fsp3) is 0.640. The van der Waals surface area contributed by atoms with Gasteiger partial charge in [-0.15, -0.1) is 0 Å². The number of hydrogen-bond donors (Lipinski definition) is 2. The van der Waals surface area contributed by atoms with Crippen molar-refractivity contribution in [1.29, 1.82) is 5.26 Å². The Morgan fingerprint density at radius 2 is 1.90 bits per heavy atom. The molecule has 0 amide bonds. The summed E-state index contributed by atoms with van der Waals surface area (Å²) >= 11 is 0. The lowest BCUT2D eigenvalue weighted by atomic mass is 9.79. The molecule has 1 fully saturated rings. The van der Waals surface area contributed by atoms with Crippen LogP contribution >= 0.6 is 7.75 Å². The summed E-state index contributed by atoms with van der Waals surface area (Å²) in [6, 6.07) is 4.50. The van der Waals surface area contributed by atoms with E-state index in [9.17, 15) is 24.5 Å². The van der Waals surface area contributed by atoms with Crippen molar-refractivity contribution in [3.63, 3.8) is 0 Å².